The minimum absolute atomic E-state index is 0.588. The van der Waals surface area contributed by atoms with Gasteiger partial charge in [0.2, 0.25) is 0 Å². The molecule has 35 heavy (non-hydrogen) atoms. The Kier molecular flexibility index (Phi) is 6.92. The number of piperazine rings is 1. The number of nitrogens with zero attached hydrogens (tertiary/aromatic N) is 3. The van der Waals surface area contributed by atoms with E-state index in [9.17, 15) is 0 Å². The van der Waals surface area contributed by atoms with Crippen LogP contribution in [0.1, 0.15) is 50.5 Å². The van der Waals surface area contributed by atoms with Crippen molar-refractivity contribution in [1.29, 1.82) is 0 Å². The minimum atomic E-state index is 0.588. The van der Waals surface area contributed by atoms with Crippen LogP contribution in [0.5, 0.6) is 5.75 Å². The van der Waals surface area contributed by atoms with E-state index in [2.05, 4.69) is 56.7 Å². The number of benzene rings is 2. The first-order chi connectivity index (χ1) is 17.3. The summed E-state index contributed by atoms with van der Waals surface area (Å²) in [5, 5.41) is 9.26. The van der Waals surface area contributed by atoms with E-state index >= 15 is 0 Å². The Balaban J connectivity index is 0.988. The summed E-state index contributed by atoms with van der Waals surface area (Å²) in [5.41, 5.74) is 2.20. The van der Waals surface area contributed by atoms with Gasteiger partial charge in [-0.3, -0.25) is 4.90 Å². The molecule has 0 amide bonds. The third-order valence-corrected chi connectivity index (χ3v) is 8.25. The summed E-state index contributed by atoms with van der Waals surface area (Å²) in [7, 11) is 0. The lowest BCUT2D eigenvalue weighted by molar-refractivity contribution is 0.0726. The number of rotatable bonds is 7. The molecule has 3 aliphatic rings. The van der Waals surface area contributed by atoms with Crippen molar-refractivity contribution in [3.63, 3.8) is 0 Å². The van der Waals surface area contributed by atoms with Gasteiger partial charge in [-0.25, -0.2) is 0 Å². The third kappa shape index (κ3) is 5.34. The molecule has 2 atom stereocenters. The quantitative estimate of drug-likeness (QED) is 0.506. The van der Waals surface area contributed by atoms with E-state index in [4.69, 9.17) is 9.26 Å². The molecule has 2 saturated heterocycles. The Bertz CT molecular complexity index is 1110. The first-order valence-electron chi connectivity index (χ1n) is 13.6. The summed E-state index contributed by atoms with van der Waals surface area (Å²) in [4.78, 5) is 5.08. The molecule has 1 N–H and O–H groups in total. The highest BCUT2D eigenvalue weighted by molar-refractivity contribution is 5.88. The van der Waals surface area contributed by atoms with Gasteiger partial charge in [-0.15, -0.1) is 0 Å². The van der Waals surface area contributed by atoms with E-state index in [0.717, 1.165) is 61.9 Å². The van der Waals surface area contributed by atoms with Gasteiger partial charge in [0.1, 0.15) is 5.75 Å². The van der Waals surface area contributed by atoms with E-state index in [0.29, 0.717) is 18.0 Å². The maximum atomic E-state index is 6.30. The van der Waals surface area contributed by atoms with Crippen LogP contribution < -0.4 is 15.0 Å². The number of piperidine rings is 1. The van der Waals surface area contributed by atoms with Gasteiger partial charge < -0.3 is 19.5 Å². The molecule has 0 bridgehead atoms. The van der Waals surface area contributed by atoms with Gasteiger partial charge in [-0.1, -0.05) is 48.7 Å². The molecule has 1 saturated carbocycles. The Labute approximate surface area is 208 Å². The van der Waals surface area contributed by atoms with Gasteiger partial charge in [0, 0.05) is 50.7 Å². The standard InChI is InChI=1S/C29H38N4O2/c1-2-8-24(9-3-1)30-18-22-7-6-10-26(17-22)34-21-23-13-14-25-20-33(16-15-32(25)19-23)29-27-11-4-5-12-28(27)35-31-29/h4-7,10-12,17,23-25,30H,1-3,8-9,13-16,18-21H2. The van der Waals surface area contributed by atoms with Gasteiger partial charge in [-0.05, 0) is 55.5 Å². The summed E-state index contributed by atoms with van der Waals surface area (Å²) >= 11 is 0. The molecule has 1 aromatic heterocycles. The lowest BCUT2D eigenvalue weighted by atomic mass is 9.91. The van der Waals surface area contributed by atoms with Gasteiger partial charge in [-0.2, -0.15) is 0 Å². The Morgan fingerprint density at radius 1 is 0.943 bits per heavy atom. The second kappa shape index (κ2) is 10.6. The van der Waals surface area contributed by atoms with Crippen molar-refractivity contribution in [3.8, 4) is 5.75 Å². The van der Waals surface area contributed by atoms with Crippen LogP contribution in [0, 0.1) is 5.92 Å². The fraction of sp³-hybridized carbons (Fsp3) is 0.552. The average Bonchev–Trinajstić information content (AvgIpc) is 3.35. The van der Waals surface area contributed by atoms with Crippen LogP contribution in [-0.2, 0) is 6.54 Å². The number of fused-ring (bicyclic) bond motifs is 2. The SMILES string of the molecule is c1cc(CNC2CCCCC2)cc(OCC2CCC3CN(c4noc5ccccc45)CCN3C2)c1. The smallest absolute Gasteiger partial charge is 0.180 e. The zero-order valence-electron chi connectivity index (χ0n) is 20.7. The molecular formula is C29H38N4O2. The number of ether oxygens (including phenoxy) is 1. The van der Waals surface area contributed by atoms with Crippen molar-refractivity contribution >= 4 is 16.8 Å². The molecule has 0 spiro atoms. The highest BCUT2D eigenvalue weighted by atomic mass is 16.5. The molecule has 3 aromatic rings. The summed E-state index contributed by atoms with van der Waals surface area (Å²) in [6.07, 6.45) is 9.22. The van der Waals surface area contributed by atoms with E-state index in [1.54, 1.807) is 0 Å². The molecule has 0 radical (unpaired) electrons. The highest BCUT2D eigenvalue weighted by Gasteiger charge is 2.34. The topological polar surface area (TPSA) is 53.8 Å². The summed E-state index contributed by atoms with van der Waals surface area (Å²) in [6.45, 7) is 5.97. The van der Waals surface area contributed by atoms with Gasteiger partial charge in [0.15, 0.2) is 11.4 Å². The molecule has 2 unspecified atom stereocenters. The third-order valence-electron chi connectivity index (χ3n) is 8.25. The molecular weight excluding hydrogens is 436 g/mol. The molecule has 1 aliphatic carbocycles. The lowest BCUT2D eigenvalue weighted by Gasteiger charge is -2.46. The molecule has 3 fully saturated rings. The zero-order valence-corrected chi connectivity index (χ0v) is 20.7. The lowest BCUT2D eigenvalue weighted by Crippen LogP contribution is -2.57. The number of anilines is 1. The number of hydrogen-bond donors (Lipinski definition) is 1. The predicted molar refractivity (Wildman–Crippen MR) is 140 cm³/mol. The van der Waals surface area contributed by atoms with Crippen LogP contribution >= 0.6 is 0 Å². The number of hydrogen-bond acceptors (Lipinski definition) is 6. The van der Waals surface area contributed by atoms with Crippen molar-refractivity contribution in [1.82, 2.24) is 15.4 Å². The van der Waals surface area contributed by atoms with Crippen LogP contribution in [0.25, 0.3) is 11.0 Å². The average molecular weight is 475 g/mol. The minimum Gasteiger partial charge on any atom is -0.493 e. The van der Waals surface area contributed by atoms with Gasteiger partial charge >= 0.3 is 0 Å². The monoisotopic (exact) mass is 474 g/mol. The molecule has 6 rings (SSSR count). The Morgan fingerprint density at radius 2 is 1.86 bits per heavy atom. The molecule has 6 nitrogen and oxygen atoms in total. The highest BCUT2D eigenvalue weighted by Crippen LogP contribution is 2.31. The fourth-order valence-corrected chi connectivity index (χ4v) is 6.22. The first kappa shape index (κ1) is 22.9. The second-order valence-electron chi connectivity index (χ2n) is 10.7. The van der Waals surface area contributed by atoms with Crippen LogP contribution in [0.3, 0.4) is 0 Å². The number of para-hydroxylation sites is 1. The first-order valence-corrected chi connectivity index (χ1v) is 13.6. The van der Waals surface area contributed by atoms with E-state index in [-0.39, 0.29) is 0 Å². The van der Waals surface area contributed by atoms with Gasteiger partial charge in [0.25, 0.3) is 0 Å². The van der Waals surface area contributed by atoms with Crippen LogP contribution in [0.15, 0.2) is 53.1 Å². The predicted octanol–water partition coefficient (Wildman–Crippen LogP) is 5.23. The normalized spacial score (nSPS) is 23.9. The van der Waals surface area contributed by atoms with E-state index in [1.165, 1.54) is 50.5 Å². The van der Waals surface area contributed by atoms with Gasteiger partial charge in [0.05, 0.1) is 12.0 Å². The van der Waals surface area contributed by atoms with E-state index < -0.39 is 0 Å². The van der Waals surface area contributed by atoms with Crippen molar-refractivity contribution in [2.45, 2.75) is 63.6 Å². The summed E-state index contributed by atoms with van der Waals surface area (Å²) < 4.78 is 11.9. The molecule has 6 heteroatoms. The molecule has 3 heterocycles. The molecule has 186 valence electrons. The Morgan fingerprint density at radius 3 is 2.80 bits per heavy atom. The van der Waals surface area contributed by atoms with Crippen molar-refractivity contribution in [2.75, 3.05) is 37.7 Å². The maximum Gasteiger partial charge on any atom is 0.180 e. The van der Waals surface area contributed by atoms with Crippen molar-refractivity contribution in [3.05, 3.63) is 54.1 Å². The summed E-state index contributed by atoms with van der Waals surface area (Å²) in [6, 6.07) is 18.1. The van der Waals surface area contributed by atoms with Crippen molar-refractivity contribution in [2.24, 2.45) is 5.92 Å². The van der Waals surface area contributed by atoms with Crippen molar-refractivity contribution < 1.29 is 9.26 Å². The fourth-order valence-electron chi connectivity index (χ4n) is 6.22. The number of nitrogens with one attached hydrogen (secondary N) is 1. The van der Waals surface area contributed by atoms with Crippen LogP contribution in [-0.4, -0.2) is 54.9 Å². The summed E-state index contributed by atoms with van der Waals surface area (Å²) in [5.74, 6) is 2.61. The Hall–Kier alpha value is -2.57. The van der Waals surface area contributed by atoms with E-state index in [1.807, 2.05) is 12.1 Å². The number of aromatic nitrogens is 1. The largest absolute Gasteiger partial charge is 0.493 e. The molecule has 2 aromatic carbocycles. The second-order valence-corrected chi connectivity index (χ2v) is 10.7. The van der Waals surface area contributed by atoms with Crippen LogP contribution in [0.2, 0.25) is 0 Å². The maximum absolute atomic E-state index is 6.30. The van der Waals surface area contributed by atoms with Crippen LogP contribution in [0.4, 0.5) is 5.82 Å². The zero-order chi connectivity index (χ0) is 23.5. The molecule has 2 aliphatic heterocycles.